The van der Waals surface area contributed by atoms with Gasteiger partial charge in [-0.1, -0.05) is 0 Å². The molecule has 0 radical (unpaired) electrons. The number of nitrogens with one attached hydrogen (secondary N) is 2. The van der Waals surface area contributed by atoms with Crippen LogP contribution in [0, 0.1) is 11.7 Å². The van der Waals surface area contributed by atoms with Crippen LogP contribution in [0.1, 0.15) is 12.8 Å². The number of piperidine rings is 1. The molecule has 0 bridgehead atoms. The predicted molar refractivity (Wildman–Crippen MR) is 78.3 cm³/mol. The van der Waals surface area contributed by atoms with Crippen molar-refractivity contribution in [1.29, 1.82) is 0 Å². The molecule has 0 spiro atoms. The molecule has 0 unspecified atom stereocenters. The summed E-state index contributed by atoms with van der Waals surface area (Å²) in [5.41, 5.74) is 0.399. The second-order valence-electron chi connectivity index (χ2n) is 5.42. The molecular formula is C15H20FN3O2. The maximum atomic E-state index is 12.7. The van der Waals surface area contributed by atoms with Crippen molar-refractivity contribution >= 4 is 17.5 Å². The quantitative estimate of drug-likeness (QED) is 0.824. The monoisotopic (exact) mass is 293 g/mol. The number of carbonyl (C=O) groups is 2. The van der Waals surface area contributed by atoms with Crippen LogP contribution in [0.5, 0.6) is 0 Å². The topological polar surface area (TPSA) is 61.4 Å². The Morgan fingerprint density at radius 3 is 2.43 bits per heavy atom. The smallest absolute Gasteiger partial charge is 0.313 e. The second-order valence-corrected chi connectivity index (χ2v) is 5.42. The van der Waals surface area contributed by atoms with Gasteiger partial charge in [0.25, 0.3) is 0 Å². The van der Waals surface area contributed by atoms with Gasteiger partial charge in [0.1, 0.15) is 5.82 Å². The maximum absolute atomic E-state index is 12.7. The minimum absolute atomic E-state index is 0.389. The first-order chi connectivity index (χ1) is 10.0. The van der Waals surface area contributed by atoms with Crippen LogP contribution in [0.15, 0.2) is 24.3 Å². The summed E-state index contributed by atoms with van der Waals surface area (Å²) in [7, 11) is 2.07. The van der Waals surface area contributed by atoms with E-state index in [-0.39, 0.29) is 5.82 Å². The fourth-order valence-electron chi connectivity index (χ4n) is 2.30. The number of hydrogen-bond donors (Lipinski definition) is 2. The molecule has 0 saturated carbocycles. The van der Waals surface area contributed by atoms with Gasteiger partial charge in [-0.25, -0.2) is 4.39 Å². The van der Waals surface area contributed by atoms with Crippen LogP contribution < -0.4 is 10.6 Å². The minimum Gasteiger partial charge on any atom is -0.348 e. The van der Waals surface area contributed by atoms with Crippen molar-refractivity contribution in [1.82, 2.24) is 10.2 Å². The first-order valence-corrected chi connectivity index (χ1v) is 7.08. The molecule has 1 fully saturated rings. The van der Waals surface area contributed by atoms with Crippen molar-refractivity contribution in [3.8, 4) is 0 Å². The van der Waals surface area contributed by atoms with E-state index in [1.165, 1.54) is 24.3 Å². The van der Waals surface area contributed by atoms with Gasteiger partial charge >= 0.3 is 11.8 Å². The van der Waals surface area contributed by atoms with E-state index in [4.69, 9.17) is 0 Å². The number of halogens is 1. The van der Waals surface area contributed by atoms with Crippen LogP contribution >= 0.6 is 0 Å². The van der Waals surface area contributed by atoms with Crippen LogP contribution in [0.2, 0.25) is 0 Å². The SMILES string of the molecule is CN1CCC(CNC(=O)C(=O)Nc2ccc(F)cc2)CC1. The molecule has 5 nitrogen and oxygen atoms in total. The summed E-state index contributed by atoms with van der Waals surface area (Å²) in [6.07, 6.45) is 2.05. The average Bonchev–Trinajstić information content (AvgIpc) is 2.48. The molecule has 0 atom stereocenters. The number of nitrogens with zero attached hydrogens (tertiary/aromatic N) is 1. The zero-order valence-corrected chi connectivity index (χ0v) is 12.1. The first kappa shape index (κ1) is 15.4. The van der Waals surface area contributed by atoms with Crippen LogP contribution in [0.3, 0.4) is 0 Å². The summed E-state index contributed by atoms with van der Waals surface area (Å²) in [6.45, 7) is 2.55. The van der Waals surface area contributed by atoms with Crippen LogP contribution in [-0.2, 0) is 9.59 Å². The Bertz CT molecular complexity index is 496. The van der Waals surface area contributed by atoms with Gasteiger partial charge in [-0.2, -0.15) is 0 Å². The lowest BCUT2D eigenvalue weighted by Crippen LogP contribution is -2.41. The van der Waals surface area contributed by atoms with Crippen molar-refractivity contribution in [3.63, 3.8) is 0 Å². The largest absolute Gasteiger partial charge is 0.348 e. The molecule has 1 aromatic carbocycles. The molecule has 2 amide bonds. The van der Waals surface area contributed by atoms with Gasteiger partial charge < -0.3 is 15.5 Å². The fraction of sp³-hybridized carbons (Fsp3) is 0.467. The molecule has 6 heteroatoms. The lowest BCUT2D eigenvalue weighted by molar-refractivity contribution is -0.136. The predicted octanol–water partition coefficient (Wildman–Crippen LogP) is 1.22. The fourth-order valence-corrected chi connectivity index (χ4v) is 2.30. The van der Waals surface area contributed by atoms with E-state index < -0.39 is 11.8 Å². The summed E-state index contributed by atoms with van der Waals surface area (Å²) in [4.78, 5) is 25.7. The van der Waals surface area contributed by atoms with E-state index in [1.807, 2.05) is 0 Å². The number of likely N-dealkylation sites (tertiary alicyclic amines) is 1. The number of amides is 2. The molecular weight excluding hydrogens is 273 g/mol. The third kappa shape index (κ3) is 4.82. The Labute approximate surface area is 123 Å². The number of benzene rings is 1. The Morgan fingerprint density at radius 1 is 1.19 bits per heavy atom. The normalized spacial score (nSPS) is 16.5. The van der Waals surface area contributed by atoms with E-state index in [2.05, 4.69) is 22.6 Å². The molecule has 1 aliphatic heterocycles. The Kier molecular flexibility index (Phi) is 5.27. The van der Waals surface area contributed by atoms with Gasteiger partial charge in [-0.05, 0) is 63.2 Å². The van der Waals surface area contributed by atoms with Crippen molar-refractivity contribution < 1.29 is 14.0 Å². The highest BCUT2D eigenvalue weighted by atomic mass is 19.1. The van der Waals surface area contributed by atoms with Crippen molar-refractivity contribution in [3.05, 3.63) is 30.1 Å². The van der Waals surface area contributed by atoms with Crippen LogP contribution in [-0.4, -0.2) is 43.4 Å². The molecule has 1 aromatic rings. The third-order valence-electron chi connectivity index (χ3n) is 3.70. The van der Waals surface area contributed by atoms with Gasteiger partial charge in [-0.15, -0.1) is 0 Å². The molecule has 1 heterocycles. The van der Waals surface area contributed by atoms with Gasteiger partial charge in [0.15, 0.2) is 0 Å². The highest BCUT2D eigenvalue weighted by Crippen LogP contribution is 2.14. The third-order valence-corrected chi connectivity index (χ3v) is 3.70. The Hall–Kier alpha value is -1.95. The molecule has 1 aliphatic rings. The highest BCUT2D eigenvalue weighted by molar-refractivity contribution is 6.39. The number of rotatable bonds is 3. The minimum atomic E-state index is -0.727. The zero-order valence-electron chi connectivity index (χ0n) is 12.1. The van der Waals surface area contributed by atoms with Crippen molar-refractivity contribution in [2.75, 3.05) is 32.0 Å². The summed E-state index contributed by atoms with van der Waals surface area (Å²) >= 11 is 0. The highest BCUT2D eigenvalue weighted by Gasteiger charge is 2.19. The van der Waals surface area contributed by atoms with Gasteiger partial charge in [-0.3, -0.25) is 9.59 Å². The van der Waals surface area contributed by atoms with E-state index in [9.17, 15) is 14.0 Å². The van der Waals surface area contributed by atoms with Crippen molar-refractivity contribution in [2.45, 2.75) is 12.8 Å². The summed E-state index contributed by atoms with van der Waals surface area (Å²) in [5.74, 6) is -1.35. The summed E-state index contributed by atoms with van der Waals surface area (Å²) < 4.78 is 12.7. The Morgan fingerprint density at radius 2 is 1.81 bits per heavy atom. The van der Waals surface area contributed by atoms with Crippen LogP contribution in [0.25, 0.3) is 0 Å². The van der Waals surface area contributed by atoms with Crippen molar-refractivity contribution in [2.24, 2.45) is 5.92 Å². The number of anilines is 1. The molecule has 114 valence electrons. The molecule has 2 rings (SSSR count). The average molecular weight is 293 g/mol. The second kappa shape index (κ2) is 7.17. The standard InChI is InChI=1S/C15H20FN3O2/c1-19-8-6-11(7-9-19)10-17-14(20)15(21)18-13-4-2-12(16)3-5-13/h2-5,11H,6-10H2,1H3,(H,17,20)(H,18,21). The first-order valence-electron chi connectivity index (χ1n) is 7.08. The lowest BCUT2D eigenvalue weighted by atomic mass is 9.97. The van der Waals surface area contributed by atoms with E-state index in [1.54, 1.807) is 0 Å². The van der Waals surface area contributed by atoms with E-state index in [0.29, 0.717) is 18.2 Å². The molecule has 1 saturated heterocycles. The molecule has 0 aliphatic carbocycles. The van der Waals surface area contributed by atoms with Gasteiger partial charge in [0, 0.05) is 12.2 Å². The van der Waals surface area contributed by atoms with Gasteiger partial charge in [0.05, 0.1) is 0 Å². The maximum Gasteiger partial charge on any atom is 0.313 e. The lowest BCUT2D eigenvalue weighted by Gasteiger charge is -2.28. The zero-order chi connectivity index (χ0) is 15.2. The molecule has 21 heavy (non-hydrogen) atoms. The van der Waals surface area contributed by atoms with Gasteiger partial charge in [0.2, 0.25) is 0 Å². The molecule has 0 aromatic heterocycles. The summed E-state index contributed by atoms with van der Waals surface area (Å²) in [5, 5.41) is 5.09. The Balaban J connectivity index is 1.75. The number of carbonyl (C=O) groups excluding carboxylic acids is 2. The van der Waals surface area contributed by atoms with Crippen LogP contribution in [0.4, 0.5) is 10.1 Å². The van der Waals surface area contributed by atoms with E-state index >= 15 is 0 Å². The van der Waals surface area contributed by atoms with E-state index in [0.717, 1.165) is 25.9 Å². The summed E-state index contributed by atoms with van der Waals surface area (Å²) in [6, 6.07) is 5.28. The molecule has 2 N–H and O–H groups in total. The number of hydrogen-bond acceptors (Lipinski definition) is 3.